The van der Waals surface area contributed by atoms with E-state index in [2.05, 4.69) is 0 Å². The number of anilines is 1. The van der Waals surface area contributed by atoms with Gasteiger partial charge < -0.3 is 9.47 Å². The van der Waals surface area contributed by atoms with E-state index in [1.54, 1.807) is 13.8 Å². The molecule has 0 spiro atoms. The van der Waals surface area contributed by atoms with E-state index >= 15 is 0 Å². The highest BCUT2D eigenvalue weighted by Crippen LogP contribution is 2.49. The lowest BCUT2D eigenvalue weighted by molar-refractivity contribution is -0.145. The van der Waals surface area contributed by atoms with Gasteiger partial charge in [0.05, 0.1) is 25.0 Å². The third-order valence-corrected chi connectivity index (χ3v) is 4.85. The van der Waals surface area contributed by atoms with Gasteiger partial charge in [-0.2, -0.15) is 13.2 Å². The van der Waals surface area contributed by atoms with Gasteiger partial charge in [-0.25, -0.2) is 9.59 Å². The number of nitrogens with zero attached hydrogens (tertiary/aromatic N) is 1. The lowest BCUT2D eigenvalue weighted by atomic mass is 9.83. The number of rotatable bonds is 3. The van der Waals surface area contributed by atoms with Gasteiger partial charge in [-0.1, -0.05) is 6.92 Å². The van der Waals surface area contributed by atoms with Crippen molar-refractivity contribution in [2.24, 2.45) is 0 Å². The van der Waals surface area contributed by atoms with Gasteiger partial charge in [-0.15, -0.1) is 11.6 Å². The van der Waals surface area contributed by atoms with Gasteiger partial charge in [0.2, 0.25) is 0 Å². The number of benzene rings is 1. The van der Waals surface area contributed by atoms with E-state index in [1.165, 1.54) is 4.90 Å². The van der Waals surface area contributed by atoms with Crippen molar-refractivity contribution in [2.45, 2.75) is 43.8 Å². The molecular formula is C17H19ClF3NO4. The predicted octanol–water partition coefficient (Wildman–Crippen LogP) is 4.46. The first-order chi connectivity index (χ1) is 12.1. The highest BCUT2D eigenvalue weighted by atomic mass is 35.5. The number of hydrogen-bond acceptors (Lipinski definition) is 4. The van der Waals surface area contributed by atoms with E-state index in [-0.39, 0.29) is 24.3 Å². The Balaban J connectivity index is 2.71. The average molecular weight is 394 g/mol. The molecule has 2 unspecified atom stereocenters. The minimum atomic E-state index is -4.63. The molecule has 5 nitrogen and oxygen atoms in total. The minimum Gasteiger partial charge on any atom is -0.467 e. The molecule has 1 aromatic carbocycles. The molecule has 0 aliphatic carbocycles. The lowest BCUT2D eigenvalue weighted by Gasteiger charge is -2.42. The second-order valence-electron chi connectivity index (χ2n) is 5.86. The second kappa shape index (κ2) is 7.34. The molecule has 1 heterocycles. The van der Waals surface area contributed by atoms with Crippen LogP contribution in [0.25, 0.3) is 0 Å². The molecule has 26 heavy (non-hydrogen) atoms. The maximum absolute atomic E-state index is 13.1. The van der Waals surface area contributed by atoms with E-state index in [0.717, 1.165) is 25.3 Å². The average Bonchev–Trinajstić information content (AvgIpc) is 2.59. The molecule has 0 saturated heterocycles. The zero-order valence-electron chi connectivity index (χ0n) is 14.5. The van der Waals surface area contributed by atoms with Gasteiger partial charge >= 0.3 is 18.2 Å². The smallest absolute Gasteiger partial charge is 0.416 e. The third kappa shape index (κ3) is 3.47. The molecule has 1 aliphatic heterocycles. The van der Waals surface area contributed by atoms with Gasteiger partial charge in [-0.3, -0.25) is 4.90 Å². The molecule has 144 valence electrons. The van der Waals surface area contributed by atoms with Crippen molar-refractivity contribution in [3.63, 3.8) is 0 Å². The lowest BCUT2D eigenvalue weighted by Crippen LogP contribution is -2.51. The summed E-state index contributed by atoms with van der Waals surface area (Å²) in [6, 6.07) is 2.24. The van der Waals surface area contributed by atoms with Crippen molar-refractivity contribution in [3.8, 4) is 0 Å². The van der Waals surface area contributed by atoms with Crippen LogP contribution in [0.2, 0.25) is 0 Å². The topological polar surface area (TPSA) is 55.8 Å². The minimum absolute atomic E-state index is 0.0924. The van der Waals surface area contributed by atoms with Crippen LogP contribution < -0.4 is 4.90 Å². The molecule has 0 radical (unpaired) electrons. The standard InChI is InChI=1S/C17H19ClF3NO4/c1-4-11-9-16(18,14(23)25-3)12-8-10(17(19,20)21)6-7-13(12)22(11)15(24)26-5-2/h6-8,11H,4-5,9H2,1-3H3. The quantitative estimate of drug-likeness (QED) is 0.562. The van der Waals surface area contributed by atoms with Crippen LogP contribution in [0, 0.1) is 0 Å². The first kappa shape index (κ1) is 20.4. The van der Waals surface area contributed by atoms with Gasteiger partial charge in [0, 0.05) is 18.0 Å². The predicted molar refractivity (Wildman–Crippen MR) is 89.2 cm³/mol. The van der Waals surface area contributed by atoms with Crippen LogP contribution in [0.3, 0.4) is 0 Å². The van der Waals surface area contributed by atoms with Gasteiger partial charge in [0.15, 0.2) is 4.87 Å². The number of amides is 1. The number of fused-ring (bicyclic) bond motifs is 1. The molecule has 1 aromatic rings. The van der Waals surface area contributed by atoms with Crippen molar-refractivity contribution >= 4 is 29.4 Å². The van der Waals surface area contributed by atoms with E-state index in [9.17, 15) is 22.8 Å². The SMILES string of the molecule is CCOC(=O)N1c2ccc(C(F)(F)F)cc2C(Cl)(C(=O)OC)CC1CC. The molecule has 9 heteroatoms. The molecule has 1 amide bonds. The fourth-order valence-corrected chi connectivity index (χ4v) is 3.49. The summed E-state index contributed by atoms with van der Waals surface area (Å²) in [4.78, 5) is 24.1. The molecule has 2 atom stereocenters. The maximum atomic E-state index is 13.1. The summed E-state index contributed by atoms with van der Waals surface area (Å²) in [5.41, 5.74) is -0.988. The largest absolute Gasteiger partial charge is 0.467 e. The summed E-state index contributed by atoms with van der Waals surface area (Å²) in [5, 5.41) is 0. The molecular weight excluding hydrogens is 375 g/mol. The zero-order valence-corrected chi connectivity index (χ0v) is 15.3. The van der Waals surface area contributed by atoms with Crippen LogP contribution in [0.15, 0.2) is 18.2 Å². The van der Waals surface area contributed by atoms with Gasteiger partial charge in [0.1, 0.15) is 0 Å². The van der Waals surface area contributed by atoms with Crippen molar-refractivity contribution in [1.29, 1.82) is 0 Å². The van der Waals surface area contributed by atoms with Crippen molar-refractivity contribution in [1.82, 2.24) is 0 Å². The van der Waals surface area contributed by atoms with Crippen LogP contribution in [-0.4, -0.2) is 31.8 Å². The number of esters is 1. The van der Waals surface area contributed by atoms with Crippen LogP contribution in [0.4, 0.5) is 23.7 Å². The second-order valence-corrected chi connectivity index (χ2v) is 6.50. The van der Waals surface area contributed by atoms with E-state index < -0.39 is 34.7 Å². The summed E-state index contributed by atoms with van der Waals surface area (Å²) >= 11 is 6.48. The first-order valence-electron chi connectivity index (χ1n) is 8.05. The molecule has 1 aliphatic rings. The fraction of sp³-hybridized carbons (Fsp3) is 0.529. The zero-order chi connectivity index (χ0) is 19.7. The Hall–Kier alpha value is -1.96. The normalized spacial score (nSPS) is 22.6. The highest BCUT2D eigenvalue weighted by Gasteiger charge is 2.51. The Labute approximate surface area is 154 Å². The monoisotopic (exact) mass is 393 g/mol. The van der Waals surface area contributed by atoms with E-state index in [1.807, 2.05) is 0 Å². The third-order valence-electron chi connectivity index (χ3n) is 4.34. The number of alkyl halides is 4. The first-order valence-corrected chi connectivity index (χ1v) is 8.43. The number of hydrogen-bond donors (Lipinski definition) is 0. The Bertz CT molecular complexity index is 710. The van der Waals surface area contributed by atoms with Crippen LogP contribution >= 0.6 is 11.6 Å². The van der Waals surface area contributed by atoms with Gasteiger partial charge in [0.25, 0.3) is 0 Å². The maximum Gasteiger partial charge on any atom is 0.416 e. The van der Waals surface area contributed by atoms with Crippen molar-refractivity contribution < 1.29 is 32.2 Å². The summed E-state index contributed by atoms with van der Waals surface area (Å²) in [5.74, 6) is -0.873. The van der Waals surface area contributed by atoms with E-state index in [0.29, 0.717) is 6.42 Å². The Kier molecular flexibility index (Phi) is 5.75. The van der Waals surface area contributed by atoms with Crippen molar-refractivity contribution in [3.05, 3.63) is 29.3 Å². The molecule has 0 aromatic heterocycles. The van der Waals surface area contributed by atoms with Crippen molar-refractivity contribution in [2.75, 3.05) is 18.6 Å². The Morgan fingerprint density at radius 2 is 2.00 bits per heavy atom. The van der Waals surface area contributed by atoms with Gasteiger partial charge in [-0.05, 0) is 31.5 Å². The number of methoxy groups -OCH3 is 1. The summed E-state index contributed by atoms with van der Waals surface area (Å²) in [6.07, 6.45) is -5.00. The van der Waals surface area contributed by atoms with E-state index in [4.69, 9.17) is 21.1 Å². The number of carbonyl (C=O) groups excluding carboxylic acids is 2. The molecule has 2 rings (SSSR count). The van der Waals surface area contributed by atoms with Crippen LogP contribution in [0.1, 0.15) is 37.8 Å². The molecule has 0 fully saturated rings. The van der Waals surface area contributed by atoms with Crippen LogP contribution in [0.5, 0.6) is 0 Å². The Morgan fingerprint density at radius 1 is 1.35 bits per heavy atom. The highest BCUT2D eigenvalue weighted by molar-refractivity contribution is 6.34. The number of ether oxygens (including phenoxy) is 2. The van der Waals surface area contributed by atoms with Crippen LogP contribution in [-0.2, 0) is 25.3 Å². The fourth-order valence-electron chi connectivity index (χ4n) is 3.08. The molecule has 0 saturated carbocycles. The molecule has 0 N–H and O–H groups in total. The number of carbonyl (C=O) groups is 2. The molecule has 0 bridgehead atoms. The summed E-state index contributed by atoms with van der Waals surface area (Å²) < 4.78 is 49.2. The number of halogens is 4. The summed E-state index contributed by atoms with van der Waals surface area (Å²) in [6.45, 7) is 3.50. The Morgan fingerprint density at radius 3 is 2.50 bits per heavy atom. The summed E-state index contributed by atoms with van der Waals surface area (Å²) in [7, 11) is 1.11.